The number of carboxylic acids is 1. The fourth-order valence-corrected chi connectivity index (χ4v) is 2.85. The quantitative estimate of drug-likeness (QED) is 0.662. The summed E-state index contributed by atoms with van der Waals surface area (Å²) >= 11 is 8.97. The first-order chi connectivity index (χ1) is 11.3. The normalized spacial score (nSPS) is 10.8. The largest absolute Gasteiger partial charge is 0.476 e. The van der Waals surface area contributed by atoms with Gasteiger partial charge in [0.1, 0.15) is 11.6 Å². The number of halogens is 4. The van der Waals surface area contributed by atoms with Crippen LogP contribution in [0.5, 0.6) is 0 Å². The van der Waals surface area contributed by atoms with Crippen LogP contribution in [0.15, 0.2) is 46.9 Å². The average Bonchev–Trinajstić information content (AvgIpc) is 2.94. The molecule has 2 aromatic carbocycles. The van der Waals surface area contributed by atoms with Crippen molar-refractivity contribution in [2.75, 3.05) is 0 Å². The Kier molecular flexibility index (Phi) is 4.38. The van der Waals surface area contributed by atoms with Crippen LogP contribution in [0, 0.1) is 11.6 Å². The zero-order valence-corrected chi connectivity index (χ0v) is 14.1. The van der Waals surface area contributed by atoms with Gasteiger partial charge in [-0.2, -0.15) is 5.10 Å². The van der Waals surface area contributed by atoms with E-state index in [2.05, 4.69) is 21.0 Å². The Morgan fingerprint density at radius 1 is 1.17 bits per heavy atom. The molecule has 0 aliphatic heterocycles. The summed E-state index contributed by atoms with van der Waals surface area (Å²) < 4.78 is 28.8. The minimum absolute atomic E-state index is 0.133. The van der Waals surface area contributed by atoms with Gasteiger partial charge in [0.05, 0.1) is 16.4 Å². The summed E-state index contributed by atoms with van der Waals surface area (Å²) in [6, 6.07) is 9.30. The lowest BCUT2D eigenvalue weighted by Gasteiger charge is -2.09. The van der Waals surface area contributed by atoms with Crippen molar-refractivity contribution in [1.29, 1.82) is 0 Å². The van der Waals surface area contributed by atoms with Crippen LogP contribution in [0.3, 0.4) is 0 Å². The number of nitrogens with zero attached hydrogens (tertiary/aromatic N) is 2. The Bertz CT molecular complexity index is 939. The van der Waals surface area contributed by atoms with Gasteiger partial charge >= 0.3 is 5.97 Å². The Balaban J connectivity index is 2.24. The highest BCUT2D eigenvalue weighted by Crippen LogP contribution is 2.29. The maximum atomic E-state index is 13.7. The van der Waals surface area contributed by atoms with Crippen molar-refractivity contribution in [3.8, 4) is 16.9 Å². The molecule has 0 atom stereocenters. The lowest BCUT2D eigenvalue weighted by atomic mass is 10.1. The van der Waals surface area contributed by atoms with Gasteiger partial charge < -0.3 is 5.11 Å². The molecule has 24 heavy (non-hydrogen) atoms. The Morgan fingerprint density at radius 2 is 1.92 bits per heavy atom. The molecule has 0 aliphatic carbocycles. The van der Waals surface area contributed by atoms with Crippen molar-refractivity contribution >= 4 is 33.5 Å². The molecule has 1 N–H and O–H groups in total. The smallest absolute Gasteiger partial charge is 0.356 e. The zero-order valence-electron chi connectivity index (χ0n) is 11.8. The highest BCUT2D eigenvalue weighted by molar-refractivity contribution is 9.10. The Hall–Kier alpha value is -2.25. The number of rotatable bonds is 3. The highest BCUT2D eigenvalue weighted by atomic mass is 79.9. The van der Waals surface area contributed by atoms with Crippen molar-refractivity contribution < 1.29 is 18.7 Å². The number of benzene rings is 2. The summed E-state index contributed by atoms with van der Waals surface area (Å²) in [7, 11) is 0. The maximum absolute atomic E-state index is 13.7. The summed E-state index contributed by atoms with van der Waals surface area (Å²) in [5.74, 6) is -2.35. The molecule has 0 aliphatic rings. The molecule has 0 amide bonds. The molecule has 1 aromatic heterocycles. The molecule has 0 saturated carbocycles. The summed E-state index contributed by atoms with van der Waals surface area (Å²) in [6.45, 7) is 0. The third kappa shape index (κ3) is 3.18. The molecule has 0 spiro atoms. The first-order valence-corrected chi connectivity index (χ1v) is 7.77. The van der Waals surface area contributed by atoms with Crippen molar-refractivity contribution in [2.45, 2.75) is 0 Å². The third-order valence-electron chi connectivity index (χ3n) is 3.23. The van der Waals surface area contributed by atoms with Gasteiger partial charge in [0.15, 0.2) is 5.69 Å². The van der Waals surface area contributed by atoms with Crippen LogP contribution < -0.4 is 0 Å². The predicted molar refractivity (Wildman–Crippen MR) is 88.6 cm³/mol. The standard InChI is InChI=1S/C16H8BrClF2N2O2/c17-9-3-8(4-10(19)5-9)15-7-14(16(23)24)21-22(15)11-1-2-13(20)12(18)6-11/h1-7H,(H,23,24). The monoisotopic (exact) mass is 412 g/mol. The minimum Gasteiger partial charge on any atom is -0.476 e. The van der Waals surface area contributed by atoms with Crippen molar-refractivity contribution in [1.82, 2.24) is 9.78 Å². The Labute approximate surface area is 148 Å². The van der Waals surface area contributed by atoms with Crippen molar-refractivity contribution in [2.24, 2.45) is 0 Å². The van der Waals surface area contributed by atoms with Gasteiger partial charge in [0.25, 0.3) is 0 Å². The van der Waals surface area contributed by atoms with Crippen LogP contribution in [0.1, 0.15) is 10.5 Å². The topological polar surface area (TPSA) is 55.1 Å². The number of hydrogen-bond acceptors (Lipinski definition) is 2. The van der Waals surface area contributed by atoms with E-state index in [4.69, 9.17) is 11.6 Å². The third-order valence-corrected chi connectivity index (χ3v) is 3.98. The van der Waals surface area contributed by atoms with Gasteiger partial charge in [-0.05, 0) is 42.5 Å². The summed E-state index contributed by atoms with van der Waals surface area (Å²) in [4.78, 5) is 11.2. The second-order valence-electron chi connectivity index (χ2n) is 4.89. The molecule has 0 radical (unpaired) electrons. The van der Waals surface area contributed by atoms with E-state index in [1.54, 1.807) is 6.07 Å². The SMILES string of the molecule is O=C(O)c1cc(-c2cc(F)cc(Br)c2)n(-c2ccc(F)c(Cl)c2)n1. The molecule has 8 heteroatoms. The van der Waals surface area contributed by atoms with Gasteiger partial charge in [-0.15, -0.1) is 0 Å². The van der Waals surface area contributed by atoms with Crippen LogP contribution in [0.25, 0.3) is 16.9 Å². The van der Waals surface area contributed by atoms with Crippen LogP contribution >= 0.6 is 27.5 Å². The molecule has 0 fully saturated rings. The number of hydrogen-bond donors (Lipinski definition) is 1. The lowest BCUT2D eigenvalue weighted by molar-refractivity contribution is 0.0690. The van der Waals surface area contributed by atoms with Gasteiger partial charge in [-0.1, -0.05) is 27.5 Å². The fraction of sp³-hybridized carbons (Fsp3) is 0. The summed E-state index contributed by atoms with van der Waals surface area (Å²) in [6.07, 6.45) is 0. The number of aromatic nitrogens is 2. The molecular formula is C16H8BrClF2N2O2. The molecule has 0 bridgehead atoms. The van der Waals surface area contributed by atoms with Crippen LogP contribution in [0.4, 0.5) is 8.78 Å². The molecule has 4 nitrogen and oxygen atoms in total. The summed E-state index contributed by atoms with van der Waals surface area (Å²) in [5, 5.41) is 13.0. The van der Waals surface area contributed by atoms with Crippen LogP contribution in [-0.4, -0.2) is 20.9 Å². The number of carboxylic acid groups (broad SMARTS) is 1. The Morgan fingerprint density at radius 3 is 2.54 bits per heavy atom. The van der Waals surface area contributed by atoms with Crippen LogP contribution in [-0.2, 0) is 0 Å². The molecule has 122 valence electrons. The maximum Gasteiger partial charge on any atom is 0.356 e. The molecule has 3 rings (SSSR count). The fourth-order valence-electron chi connectivity index (χ4n) is 2.21. The number of carbonyl (C=O) groups is 1. The van der Waals surface area contributed by atoms with E-state index in [0.29, 0.717) is 21.4 Å². The van der Waals surface area contributed by atoms with Gasteiger partial charge in [0, 0.05) is 10.0 Å². The first kappa shape index (κ1) is 16.6. The van der Waals surface area contributed by atoms with Gasteiger partial charge in [-0.25, -0.2) is 18.3 Å². The molecule has 0 unspecified atom stereocenters. The lowest BCUT2D eigenvalue weighted by Crippen LogP contribution is -2.02. The van der Waals surface area contributed by atoms with E-state index in [0.717, 1.165) is 6.07 Å². The van der Waals surface area contributed by atoms with Crippen molar-refractivity contribution in [3.05, 3.63) is 69.3 Å². The molecular weight excluding hydrogens is 406 g/mol. The second-order valence-corrected chi connectivity index (χ2v) is 6.21. The molecule has 0 saturated heterocycles. The zero-order chi connectivity index (χ0) is 17.4. The van der Waals surface area contributed by atoms with Crippen LogP contribution in [0.2, 0.25) is 5.02 Å². The molecule has 3 aromatic rings. The molecule has 1 heterocycles. The van der Waals surface area contributed by atoms with E-state index < -0.39 is 17.6 Å². The first-order valence-electron chi connectivity index (χ1n) is 6.60. The number of aromatic carboxylic acids is 1. The average molecular weight is 414 g/mol. The van der Waals surface area contributed by atoms with E-state index in [-0.39, 0.29) is 10.7 Å². The minimum atomic E-state index is -1.24. The van der Waals surface area contributed by atoms with Gasteiger partial charge in [-0.3, -0.25) is 0 Å². The highest BCUT2D eigenvalue weighted by Gasteiger charge is 2.17. The van der Waals surface area contributed by atoms with E-state index in [1.807, 2.05) is 0 Å². The van der Waals surface area contributed by atoms with E-state index in [1.165, 1.54) is 35.0 Å². The van der Waals surface area contributed by atoms with Gasteiger partial charge in [0.2, 0.25) is 0 Å². The van der Waals surface area contributed by atoms with E-state index >= 15 is 0 Å². The van der Waals surface area contributed by atoms with Crippen molar-refractivity contribution in [3.63, 3.8) is 0 Å². The summed E-state index contributed by atoms with van der Waals surface area (Å²) in [5.41, 5.74) is 0.854. The second kappa shape index (κ2) is 6.33. The predicted octanol–water partition coefficient (Wildman–Crippen LogP) is 4.93. The van der Waals surface area contributed by atoms with E-state index in [9.17, 15) is 18.7 Å².